The molecule has 13 heteroatoms. The van der Waals surface area contributed by atoms with E-state index in [1.165, 1.54) is 63.7 Å². The normalized spacial score (nSPS) is 11.7. The summed E-state index contributed by atoms with van der Waals surface area (Å²) in [7, 11) is 1.29. The van der Waals surface area contributed by atoms with Crippen molar-refractivity contribution >= 4 is 39.1 Å². The summed E-state index contributed by atoms with van der Waals surface area (Å²) in [5, 5.41) is 3.09. The van der Waals surface area contributed by atoms with Crippen LogP contribution >= 0.6 is 11.6 Å². The number of ether oxygens (including phenoxy) is 4. The molecule has 0 aliphatic carbocycles. The topological polar surface area (TPSA) is 124 Å². The SMILES string of the molecule is CCCCNC(=O)[C@@H](C)N(Cc1cccc(OC)c1)C(=O)CN(c1cc(Cl)ccc1OC)S(=O)(=O)c1ccc(OC)c(OC)c1. The molecule has 1 atom stereocenters. The number of benzene rings is 3. The summed E-state index contributed by atoms with van der Waals surface area (Å²) in [6, 6.07) is 14.7. The van der Waals surface area contributed by atoms with Crippen LogP contribution in [0.15, 0.2) is 65.6 Å². The molecule has 0 saturated heterocycles. The van der Waals surface area contributed by atoms with E-state index in [0.717, 1.165) is 17.1 Å². The molecule has 0 spiro atoms. The standard InChI is InChI=1S/C32H40ClN3O8S/c1-7-8-16-34-32(38)22(2)35(20-23-10-9-11-25(17-23)41-3)31(37)21-36(27-18-24(33)12-14-28(27)42-4)45(39,40)26-13-15-29(43-5)30(19-26)44-6/h9-15,17-19,22H,7-8,16,20-21H2,1-6H3,(H,34,38)/t22-/m1/s1. The Hall–Kier alpha value is -4.16. The first-order chi connectivity index (χ1) is 21.5. The fourth-order valence-corrected chi connectivity index (χ4v) is 6.16. The number of carbonyl (C=O) groups excluding carboxylic acids is 2. The fourth-order valence-electron chi connectivity index (χ4n) is 4.56. The van der Waals surface area contributed by atoms with Gasteiger partial charge in [0.25, 0.3) is 10.0 Å². The first-order valence-electron chi connectivity index (χ1n) is 14.3. The number of amides is 2. The zero-order chi connectivity index (χ0) is 33.1. The second-order valence-electron chi connectivity index (χ2n) is 10.0. The van der Waals surface area contributed by atoms with Crippen molar-refractivity contribution in [3.05, 3.63) is 71.2 Å². The lowest BCUT2D eigenvalue weighted by Crippen LogP contribution is -2.51. The minimum absolute atomic E-state index is 0.00925. The Morgan fingerprint density at radius 3 is 2.22 bits per heavy atom. The monoisotopic (exact) mass is 661 g/mol. The van der Waals surface area contributed by atoms with E-state index in [9.17, 15) is 18.0 Å². The van der Waals surface area contributed by atoms with Gasteiger partial charge in [0, 0.05) is 24.2 Å². The summed E-state index contributed by atoms with van der Waals surface area (Å²) >= 11 is 6.31. The molecular formula is C32H40ClN3O8S. The molecule has 0 aliphatic heterocycles. The lowest BCUT2D eigenvalue weighted by atomic mass is 10.1. The van der Waals surface area contributed by atoms with Crippen LogP contribution in [0, 0.1) is 0 Å². The van der Waals surface area contributed by atoms with Crippen LogP contribution in [0.25, 0.3) is 0 Å². The van der Waals surface area contributed by atoms with E-state index in [1.54, 1.807) is 37.3 Å². The number of methoxy groups -OCH3 is 4. The molecule has 0 aliphatic rings. The van der Waals surface area contributed by atoms with Gasteiger partial charge in [-0.25, -0.2) is 8.42 Å². The van der Waals surface area contributed by atoms with Crippen LogP contribution < -0.4 is 28.6 Å². The molecule has 0 radical (unpaired) electrons. The molecular weight excluding hydrogens is 622 g/mol. The molecule has 2 amide bonds. The molecule has 45 heavy (non-hydrogen) atoms. The minimum atomic E-state index is -4.45. The summed E-state index contributed by atoms with van der Waals surface area (Å²) in [5.41, 5.74) is 0.722. The number of anilines is 1. The Bertz CT molecular complexity index is 1580. The number of hydrogen-bond acceptors (Lipinski definition) is 8. The first kappa shape index (κ1) is 35.3. The summed E-state index contributed by atoms with van der Waals surface area (Å²) in [6.07, 6.45) is 1.65. The number of nitrogens with one attached hydrogen (secondary N) is 1. The molecule has 0 heterocycles. The van der Waals surface area contributed by atoms with Crippen molar-refractivity contribution in [2.24, 2.45) is 0 Å². The maximum Gasteiger partial charge on any atom is 0.265 e. The van der Waals surface area contributed by atoms with Gasteiger partial charge in [0.15, 0.2) is 11.5 Å². The molecule has 244 valence electrons. The van der Waals surface area contributed by atoms with Crippen molar-refractivity contribution in [2.45, 2.75) is 44.2 Å². The Balaban J connectivity index is 2.13. The van der Waals surface area contributed by atoms with Crippen LogP contribution in [0.1, 0.15) is 32.3 Å². The number of nitrogens with zero attached hydrogens (tertiary/aromatic N) is 2. The molecule has 0 bridgehead atoms. The molecule has 0 aromatic heterocycles. The van der Waals surface area contributed by atoms with E-state index in [-0.39, 0.29) is 39.6 Å². The second kappa shape index (κ2) is 16.2. The van der Waals surface area contributed by atoms with Crippen LogP contribution in [-0.4, -0.2) is 72.7 Å². The van der Waals surface area contributed by atoms with Gasteiger partial charge in [0.2, 0.25) is 11.8 Å². The zero-order valence-corrected chi connectivity index (χ0v) is 27.9. The molecule has 3 aromatic carbocycles. The highest BCUT2D eigenvalue weighted by Crippen LogP contribution is 2.37. The number of halogens is 1. The average Bonchev–Trinajstić information content (AvgIpc) is 3.05. The highest BCUT2D eigenvalue weighted by atomic mass is 35.5. The number of carbonyl (C=O) groups is 2. The lowest BCUT2D eigenvalue weighted by Gasteiger charge is -2.32. The van der Waals surface area contributed by atoms with E-state index < -0.39 is 28.5 Å². The van der Waals surface area contributed by atoms with Crippen LogP contribution in [0.2, 0.25) is 5.02 Å². The first-order valence-corrected chi connectivity index (χ1v) is 16.1. The highest BCUT2D eigenvalue weighted by molar-refractivity contribution is 7.92. The third-order valence-electron chi connectivity index (χ3n) is 7.12. The average molecular weight is 662 g/mol. The summed E-state index contributed by atoms with van der Waals surface area (Å²) in [4.78, 5) is 28.6. The van der Waals surface area contributed by atoms with Gasteiger partial charge in [-0.1, -0.05) is 37.1 Å². The van der Waals surface area contributed by atoms with Gasteiger partial charge >= 0.3 is 0 Å². The smallest absolute Gasteiger partial charge is 0.265 e. The Morgan fingerprint density at radius 2 is 1.58 bits per heavy atom. The summed E-state index contributed by atoms with van der Waals surface area (Å²) in [5.74, 6) is 0.241. The number of rotatable bonds is 16. The molecule has 0 unspecified atom stereocenters. The molecule has 3 rings (SSSR count). The van der Waals surface area contributed by atoms with Crippen molar-refractivity contribution in [1.82, 2.24) is 10.2 Å². The quantitative estimate of drug-likeness (QED) is 0.215. The largest absolute Gasteiger partial charge is 0.497 e. The summed E-state index contributed by atoms with van der Waals surface area (Å²) < 4.78 is 51.0. The molecule has 11 nitrogen and oxygen atoms in total. The molecule has 0 fully saturated rings. The van der Waals surface area contributed by atoms with Crippen LogP contribution in [-0.2, 0) is 26.2 Å². The molecule has 0 saturated carbocycles. The number of unbranched alkanes of at least 4 members (excludes halogenated alkanes) is 1. The Kier molecular flexibility index (Phi) is 12.7. The molecule has 1 N–H and O–H groups in total. The van der Waals surface area contributed by atoms with E-state index in [2.05, 4.69) is 5.32 Å². The van der Waals surface area contributed by atoms with Crippen molar-refractivity contribution in [3.8, 4) is 23.0 Å². The Labute approximate surface area is 270 Å². The Morgan fingerprint density at radius 1 is 0.889 bits per heavy atom. The van der Waals surface area contributed by atoms with Gasteiger partial charge in [-0.3, -0.25) is 13.9 Å². The van der Waals surface area contributed by atoms with Gasteiger partial charge in [-0.15, -0.1) is 0 Å². The predicted molar refractivity (Wildman–Crippen MR) is 173 cm³/mol. The van der Waals surface area contributed by atoms with E-state index in [1.807, 2.05) is 6.92 Å². The van der Waals surface area contributed by atoms with Gasteiger partial charge in [0.05, 0.1) is 39.0 Å². The van der Waals surface area contributed by atoms with Crippen LogP contribution in [0.4, 0.5) is 5.69 Å². The van der Waals surface area contributed by atoms with Gasteiger partial charge in [0.1, 0.15) is 24.1 Å². The number of sulfonamides is 1. The van der Waals surface area contributed by atoms with Crippen molar-refractivity contribution in [1.29, 1.82) is 0 Å². The van der Waals surface area contributed by atoms with E-state index >= 15 is 0 Å². The fraction of sp³-hybridized carbons (Fsp3) is 0.375. The van der Waals surface area contributed by atoms with Crippen LogP contribution in [0.5, 0.6) is 23.0 Å². The van der Waals surface area contributed by atoms with E-state index in [4.69, 9.17) is 30.5 Å². The lowest BCUT2D eigenvalue weighted by molar-refractivity contribution is -0.139. The van der Waals surface area contributed by atoms with E-state index in [0.29, 0.717) is 23.6 Å². The maximum atomic E-state index is 14.3. The van der Waals surface area contributed by atoms with Crippen molar-refractivity contribution < 1.29 is 37.0 Å². The molecule has 3 aromatic rings. The number of hydrogen-bond donors (Lipinski definition) is 1. The minimum Gasteiger partial charge on any atom is -0.497 e. The van der Waals surface area contributed by atoms with Gasteiger partial charge in [-0.2, -0.15) is 0 Å². The predicted octanol–water partition coefficient (Wildman–Crippen LogP) is 4.90. The third-order valence-corrected chi connectivity index (χ3v) is 9.11. The van der Waals surface area contributed by atoms with Gasteiger partial charge < -0.3 is 29.2 Å². The highest BCUT2D eigenvalue weighted by Gasteiger charge is 2.34. The second-order valence-corrected chi connectivity index (χ2v) is 12.3. The summed E-state index contributed by atoms with van der Waals surface area (Å²) in [6.45, 7) is 3.39. The van der Waals surface area contributed by atoms with Gasteiger partial charge in [-0.05, 0) is 61.4 Å². The zero-order valence-electron chi connectivity index (χ0n) is 26.3. The van der Waals surface area contributed by atoms with Crippen molar-refractivity contribution in [3.63, 3.8) is 0 Å². The van der Waals surface area contributed by atoms with Crippen LogP contribution in [0.3, 0.4) is 0 Å². The third kappa shape index (κ3) is 8.73. The van der Waals surface area contributed by atoms with Crippen molar-refractivity contribution in [2.75, 3.05) is 45.8 Å². The maximum absolute atomic E-state index is 14.3.